The Hall–Kier alpha value is -1.46. The maximum Gasteiger partial charge on any atom is 0.217 e. The molecule has 4 N–H and O–H groups in total. The minimum absolute atomic E-state index is 0.0734. The summed E-state index contributed by atoms with van der Waals surface area (Å²) in [7, 11) is 1.47. The summed E-state index contributed by atoms with van der Waals surface area (Å²) in [5.41, 5.74) is 5.68. The zero-order valence-electron chi connectivity index (χ0n) is 10.2. The molecule has 0 radical (unpaired) electrons. The van der Waals surface area contributed by atoms with Gasteiger partial charge in [-0.1, -0.05) is 11.6 Å². The molecule has 0 aromatic heterocycles. The SMILES string of the molecule is COc1cc(Cl)cc(CNCCCC(N)=O)c1O. The number of nitrogens with one attached hydrogen (secondary N) is 1. The first kappa shape index (κ1) is 14.6. The number of methoxy groups -OCH3 is 1. The van der Waals surface area contributed by atoms with E-state index in [2.05, 4.69) is 5.32 Å². The van der Waals surface area contributed by atoms with Crippen LogP contribution in [0.15, 0.2) is 12.1 Å². The van der Waals surface area contributed by atoms with E-state index in [1.54, 1.807) is 12.1 Å². The highest BCUT2D eigenvalue weighted by Gasteiger charge is 2.09. The molecule has 0 aliphatic heterocycles. The minimum atomic E-state index is -0.316. The number of hydrogen-bond acceptors (Lipinski definition) is 4. The Morgan fingerprint density at radius 2 is 2.28 bits per heavy atom. The van der Waals surface area contributed by atoms with Crippen molar-refractivity contribution in [3.05, 3.63) is 22.7 Å². The van der Waals surface area contributed by atoms with Crippen molar-refractivity contribution >= 4 is 17.5 Å². The highest BCUT2D eigenvalue weighted by molar-refractivity contribution is 6.30. The summed E-state index contributed by atoms with van der Waals surface area (Å²) in [5.74, 6) is 0.102. The number of halogens is 1. The lowest BCUT2D eigenvalue weighted by Gasteiger charge is -2.10. The smallest absolute Gasteiger partial charge is 0.217 e. The molecule has 0 atom stereocenters. The first-order valence-corrected chi connectivity index (χ1v) is 5.96. The van der Waals surface area contributed by atoms with Gasteiger partial charge in [0.05, 0.1) is 7.11 Å². The third kappa shape index (κ3) is 4.43. The van der Waals surface area contributed by atoms with Crippen LogP contribution in [0.4, 0.5) is 0 Å². The number of primary amides is 1. The van der Waals surface area contributed by atoms with Crippen molar-refractivity contribution < 1.29 is 14.6 Å². The summed E-state index contributed by atoms with van der Waals surface area (Å²) < 4.78 is 5.00. The average Bonchev–Trinajstić information content (AvgIpc) is 2.32. The van der Waals surface area contributed by atoms with Crippen LogP contribution in [-0.4, -0.2) is 24.7 Å². The number of ether oxygens (including phenoxy) is 1. The molecule has 1 amide bonds. The molecule has 1 rings (SSSR count). The number of aromatic hydroxyl groups is 1. The quantitative estimate of drug-likeness (QED) is 0.655. The Morgan fingerprint density at radius 1 is 1.56 bits per heavy atom. The van der Waals surface area contributed by atoms with E-state index in [4.69, 9.17) is 22.1 Å². The Bertz CT molecular complexity index is 424. The van der Waals surface area contributed by atoms with E-state index in [0.29, 0.717) is 42.3 Å². The number of amides is 1. The summed E-state index contributed by atoms with van der Waals surface area (Å²) in [6.07, 6.45) is 1.01. The number of rotatable bonds is 7. The summed E-state index contributed by atoms with van der Waals surface area (Å²) in [6.45, 7) is 1.08. The minimum Gasteiger partial charge on any atom is -0.504 e. The van der Waals surface area contributed by atoms with E-state index in [1.165, 1.54) is 7.11 Å². The molecule has 0 saturated heterocycles. The number of phenols is 1. The number of benzene rings is 1. The third-order valence-corrected chi connectivity index (χ3v) is 2.65. The number of phenolic OH excluding ortho intramolecular Hbond substituents is 1. The maximum atomic E-state index is 10.5. The Morgan fingerprint density at radius 3 is 2.89 bits per heavy atom. The first-order valence-electron chi connectivity index (χ1n) is 5.59. The molecular weight excluding hydrogens is 256 g/mol. The fraction of sp³-hybridized carbons (Fsp3) is 0.417. The molecule has 0 aliphatic rings. The van der Waals surface area contributed by atoms with Crippen molar-refractivity contribution in [2.24, 2.45) is 5.73 Å². The van der Waals surface area contributed by atoms with Gasteiger partial charge in [0.25, 0.3) is 0 Å². The van der Waals surface area contributed by atoms with Crippen LogP contribution in [-0.2, 0) is 11.3 Å². The molecule has 0 saturated carbocycles. The highest BCUT2D eigenvalue weighted by Crippen LogP contribution is 2.33. The molecule has 0 heterocycles. The molecule has 100 valence electrons. The summed E-state index contributed by atoms with van der Waals surface area (Å²) >= 11 is 5.90. The number of nitrogens with two attached hydrogens (primary N) is 1. The van der Waals surface area contributed by atoms with Crippen molar-refractivity contribution in [3.63, 3.8) is 0 Å². The monoisotopic (exact) mass is 272 g/mol. The molecule has 6 heteroatoms. The summed E-state index contributed by atoms with van der Waals surface area (Å²) in [6, 6.07) is 3.22. The molecular formula is C12H17ClN2O3. The second-order valence-electron chi connectivity index (χ2n) is 3.86. The topological polar surface area (TPSA) is 84.6 Å². The number of carbonyl (C=O) groups excluding carboxylic acids is 1. The fourth-order valence-corrected chi connectivity index (χ4v) is 1.76. The van der Waals surface area contributed by atoms with Crippen LogP contribution in [0.3, 0.4) is 0 Å². The standard InChI is InChI=1S/C12H17ClN2O3/c1-18-10-6-9(13)5-8(12(10)17)7-15-4-2-3-11(14)16/h5-6,15,17H,2-4,7H2,1H3,(H2,14,16). The lowest BCUT2D eigenvalue weighted by Crippen LogP contribution is -2.18. The normalized spacial score (nSPS) is 10.3. The second-order valence-corrected chi connectivity index (χ2v) is 4.30. The van der Waals surface area contributed by atoms with Crippen LogP contribution in [0.1, 0.15) is 18.4 Å². The number of carbonyl (C=O) groups is 1. The van der Waals surface area contributed by atoms with Crippen molar-refractivity contribution in [2.75, 3.05) is 13.7 Å². The summed E-state index contributed by atoms with van der Waals surface area (Å²) in [5, 5.41) is 13.5. The van der Waals surface area contributed by atoms with E-state index in [1.807, 2.05) is 0 Å². The average molecular weight is 273 g/mol. The van der Waals surface area contributed by atoms with E-state index < -0.39 is 0 Å². The van der Waals surface area contributed by atoms with E-state index in [0.717, 1.165) is 0 Å². The molecule has 0 bridgehead atoms. The van der Waals surface area contributed by atoms with Gasteiger partial charge in [-0.05, 0) is 19.0 Å². The molecule has 0 spiro atoms. The van der Waals surface area contributed by atoms with Gasteiger partial charge in [-0.25, -0.2) is 0 Å². The van der Waals surface area contributed by atoms with E-state index in [9.17, 15) is 9.90 Å². The summed E-state index contributed by atoms with van der Waals surface area (Å²) in [4.78, 5) is 10.5. The van der Waals surface area contributed by atoms with Crippen LogP contribution in [0.2, 0.25) is 5.02 Å². The van der Waals surface area contributed by atoms with Crippen molar-refractivity contribution in [1.82, 2.24) is 5.32 Å². The van der Waals surface area contributed by atoms with Gasteiger partial charge in [-0.3, -0.25) is 4.79 Å². The predicted octanol–water partition coefficient (Wildman–Crippen LogP) is 1.41. The Kier molecular flexibility index (Phi) is 5.74. The van der Waals surface area contributed by atoms with Crippen LogP contribution < -0.4 is 15.8 Å². The molecule has 1 aromatic rings. The van der Waals surface area contributed by atoms with Gasteiger partial charge in [-0.2, -0.15) is 0 Å². The van der Waals surface area contributed by atoms with Crippen molar-refractivity contribution in [3.8, 4) is 11.5 Å². The second kappa shape index (κ2) is 7.08. The molecule has 1 aromatic carbocycles. The molecule has 5 nitrogen and oxygen atoms in total. The maximum absolute atomic E-state index is 10.5. The largest absolute Gasteiger partial charge is 0.504 e. The molecule has 18 heavy (non-hydrogen) atoms. The molecule has 0 unspecified atom stereocenters. The van der Waals surface area contributed by atoms with Gasteiger partial charge in [0.15, 0.2) is 11.5 Å². The molecule has 0 fully saturated rings. The lowest BCUT2D eigenvalue weighted by atomic mass is 10.2. The van der Waals surface area contributed by atoms with Gasteiger partial charge in [-0.15, -0.1) is 0 Å². The van der Waals surface area contributed by atoms with Gasteiger partial charge >= 0.3 is 0 Å². The fourth-order valence-electron chi connectivity index (χ4n) is 1.53. The van der Waals surface area contributed by atoms with Crippen LogP contribution in [0, 0.1) is 0 Å². The zero-order chi connectivity index (χ0) is 13.5. The third-order valence-electron chi connectivity index (χ3n) is 2.43. The molecule has 0 aliphatic carbocycles. The number of hydrogen-bond donors (Lipinski definition) is 3. The van der Waals surface area contributed by atoms with Gasteiger partial charge in [0, 0.05) is 29.6 Å². The van der Waals surface area contributed by atoms with E-state index >= 15 is 0 Å². The van der Waals surface area contributed by atoms with Gasteiger partial charge in [0.1, 0.15) is 0 Å². The van der Waals surface area contributed by atoms with Crippen LogP contribution in [0.5, 0.6) is 11.5 Å². The van der Waals surface area contributed by atoms with E-state index in [-0.39, 0.29) is 11.7 Å². The van der Waals surface area contributed by atoms with Crippen molar-refractivity contribution in [2.45, 2.75) is 19.4 Å². The van der Waals surface area contributed by atoms with Crippen LogP contribution in [0.25, 0.3) is 0 Å². The first-order chi connectivity index (χ1) is 8.54. The van der Waals surface area contributed by atoms with Gasteiger partial charge < -0.3 is 20.9 Å². The Balaban J connectivity index is 2.51. The predicted molar refractivity (Wildman–Crippen MR) is 69.8 cm³/mol. The van der Waals surface area contributed by atoms with Gasteiger partial charge in [0.2, 0.25) is 5.91 Å². The highest BCUT2D eigenvalue weighted by atomic mass is 35.5. The Labute approximate surface area is 111 Å². The van der Waals surface area contributed by atoms with Crippen molar-refractivity contribution in [1.29, 1.82) is 0 Å². The lowest BCUT2D eigenvalue weighted by molar-refractivity contribution is -0.118. The van der Waals surface area contributed by atoms with Crippen LogP contribution >= 0.6 is 11.6 Å². The zero-order valence-corrected chi connectivity index (χ0v) is 11.0.